The molecule has 2 fully saturated rings. The lowest BCUT2D eigenvalue weighted by atomic mass is 10.1. The number of hydrogen-bond donors (Lipinski definition) is 1. The highest BCUT2D eigenvalue weighted by Gasteiger charge is 2.31. The Labute approximate surface area is 168 Å². The molecule has 1 amide bonds. The van der Waals surface area contributed by atoms with Crippen molar-refractivity contribution < 1.29 is 4.79 Å². The molecule has 0 radical (unpaired) electrons. The first-order chi connectivity index (χ1) is 13.8. The number of benzene rings is 2. The van der Waals surface area contributed by atoms with E-state index in [9.17, 15) is 4.79 Å². The fourth-order valence-corrected chi connectivity index (χ4v) is 4.02. The average molecular weight is 378 g/mol. The van der Waals surface area contributed by atoms with Gasteiger partial charge >= 0.3 is 0 Å². The van der Waals surface area contributed by atoms with Crippen LogP contribution in [-0.4, -0.2) is 43.0 Å². The second-order valence-corrected chi connectivity index (χ2v) is 8.04. The molecule has 0 aromatic heterocycles. The van der Waals surface area contributed by atoms with Gasteiger partial charge in [0.25, 0.3) is 0 Å². The number of anilines is 2. The quantitative estimate of drug-likeness (QED) is 0.696. The molecule has 4 rings (SSSR count). The molecule has 148 valence electrons. The molecule has 28 heavy (non-hydrogen) atoms. The van der Waals surface area contributed by atoms with E-state index in [4.69, 9.17) is 0 Å². The molecule has 1 heterocycles. The third-order valence-corrected chi connectivity index (χ3v) is 5.86. The molecule has 4 nitrogen and oxygen atoms in total. The minimum atomic E-state index is 0.110. The van der Waals surface area contributed by atoms with E-state index in [1.165, 1.54) is 37.2 Å². The summed E-state index contributed by atoms with van der Waals surface area (Å²) in [5.41, 5.74) is 3.50. The predicted molar refractivity (Wildman–Crippen MR) is 116 cm³/mol. The fourth-order valence-electron chi connectivity index (χ4n) is 4.02. The lowest BCUT2D eigenvalue weighted by Crippen LogP contribution is -2.47. The highest BCUT2D eigenvalue weighted by Crippen LogP contribution is 2.28. The summed E-state index contributed by atoms with van der Waals surface area (Å²) in [6.07, 6.45) is 6.36. The molecule has 1 saturated heterocycles. The van der Waals surface area contributed by atoms with Crippen LogP contribution in [0.1, 0.15) is 37.7 Å². The van der Waals surface area contributed by atoms with Crippen molar-refractivity contribution in [2.24, 2.45) is 0 Å². The third kappa shape index (κ3) is 5.35. The Bertz CT molecular complexity index is 747. The molecule has 1 N–H and O–H groups in total. The zero-order valence-electron chi connectivity index (χ0n) is 16.6. The number of nitrogens with one attached hydrogen (secondary N) is 1. The van der Waals surface area contributed by atoms with E-state index >= 15 is 0 Å². The maximum atomic E-state index is 12.2. The second-order valence-electron chi connectivity index (χ2n) is 8.04. The van der Waals surface area contributed by atoms with E-state index < -0.39 is 0 Å². The van der Waals surface area contributed by atoms with Crippen molar-refractivity contribution in [1.82, 2.24) is 4.90 Å². The van der Waals surface area contributed by atoms with E-state index in [-0.39, 0.29) is 5.91 Å². The molecule has 2 aliphatic rings. The van der Waals surface area contributed by atoms with Crippen LogP contribution in [0.15, 0.2) is 54.6 Å². The molecule has 4 heteroatoms. The van der Waals surface area contributed by atoms with Gasteiger partial charge in [0, 0.05) is 50.0 Å². The van der Waals surface area contributed by atoms with E-state index in [0.29, 0.717) is 6.42 Å². The largest absolute Gasteiger partial charge is 0.369 e. The number of rotatable bonds is 8. The minimum absolute atomic E-state index is 0.110. The van der Waals surface area contributed by atoms with Crippen LogP contribution < -0.4 is 10.2 Å². The zero-order valence-corrected chi connectivity index (χ0v) is 16.6. The van der Waals surface area contributed by atoms with Crippen LogP contribution in [0.3, 0.4) is 0 Å². The SMILES string of the molecule is O=C(CCCCc1ccccc1)Nc1ccc(N2CCN(C3CC3)CC2)cc1. The van der Waals surface area contributed by atoms with Crippen LogP contribution >= 0.6 is 0 Å². The van der Waals surface area contributed by atoms with Gasteiger partial charge in [-0.2, -0.15) is 0 Å². The van der Waals surface area contributed by atoms with Crippen molar-refractivity contribution in [3.05, 3.63) is 60.2 Å². The van der Waals surface area contributed by atoms with Crippen molar-refractivity contribution in [1.29, 1.82) is 0 Å². The molecule has 0 atom stereocenters. The highest BCUT2D eigenvalue weighted by atomic mass is 16.1. The van der Waals surface area contributed by atoms with Gasteiger partial charge in [0.2, 0.25) is 5.91 Å². The van der Waals surface area contributed by atoms with Crippen molar-refractivity contribution in [3.8, 4) is 0 Å². The molecule has 0 bridgehead atoms. The van der Waals surface area contributed by atoms with E-state index in [1.807, 2.05) is 18.2 Å². The number of amides is 1. The summed E-state index contributed by atoms with van der Waals surface area (Å²) in [5, 5.41) is 3.04. The smallest absolute Gasteiger partial charge is 0.224 e. The number of carbonyl (C=O) groups excluding carboxylic acids is 1. The number of aryl methyl sites for hydroxylation is 1. The normalized spacial score (nSPS) is 17.5. The van der Waals surface area contributed by atoms with Crippen molar-refractivity contribution in [3.63, 3.8) is 0 Å². The van der Waals surface area contributed by atoms with Crippen LogP contribution in [0, 0.1) is 0 Å². The van der Waals surface area contributed by atoms with Gasteiger partial charge in [-0.1, -0.05) is 30.3 Å². The first-order valence-corrected chi connectivity index (χ1v) is 10.7. The lowest BCUT2D eigenvalue weighted by molar-refractivity contribution is -0.116. The summed E-state index contributed by atoms with van der Waals surface area (Å²) in [7, 11) is 0. The first-order valence-electron chi connectivity index (χ1n) is 10.7. The van der Waals surface area contributed by atoms with Crippen LogP contribution in [-0.2, 0) is 11.2 Å². The Hall–Kier alpha value is -2.33. The summed E-state index contributed by atoms with van der Waals surface area (Å²) >= 11 is 0. The lowest BCUT2D eigenvalue weighted by Gasteiger charge is -2.36. The van der Waals surface area contributed by atoms with Gasteiger partial charge < -0.3 is 10.2 Å². The van der Waals surface area contributed by atoms with Gasteiger partial charge in [-0.05, 0) is 61.9 Å². The third-order valence-electron chi connectivity index (χ3n) is 5.86. The maximum absolute atomic E-state index is 12.2. The number of carbonyl (C=O) groups is 1. The van der Waals surface area contributed by atoms with E-state index in [2.05, 4.69) is 51.5 Å². The molecule has 0 unspecified atom stereocenters. The topological polar surface area (TPSA) is 35.6 Å². The second kappa shape index (κ2) is 9.24. The van der Waals surface area contributed by atoms with Crippen molar-refractivity contribution >= 4 is 17.3 Å². The molecule has 1 aliphatic carbocycles. The fraction of sp³-hybridized carbons (Fsp3) is 0.458. The maximum Gasteiger partial charge on any atom is 0.224 e. The van der Waals surface area contributed by atoms with Gasteiger partial charge in [-0.15, -0.1) is 0 Å². The Morgan fingerprint density at radius 1 is 0.893 bits per heavy atom. The Morgan fingerprint density at radius 2 is 1.61 bits per heavy atom. The van der Waals surface area contributed by atoms with Gasteiger partial charge in [-0.25, -0.2) is 0 Å². The number of hydrogen-bond acceptors (Lipinski definition) is 3. The molecule has 1 aliphatic heterocycles. The van der Waals surface area contributed by atoms with Crippen LogP contribution in [0.4, 0.5) is 11.4 Å². The first kappa shape index (κ1) is 19.0. The molecule has 2 aromatic carbocycles. The van der Waals surface area contributed by atoms with Gasteiger partial charge in [0.1, 0.15) is 0 Å². The van der Waals surface area contributed by atoms with Gasteiger partial charge in [0.15, 0.2) is 0 Å². The Kier molecular flexibility index (Phi) is 6.27. The zero-order chi connectivity index (χ0) is 19.2. The summed E-state index contributed by atoms with van der Waals surface area (Å²) in [5.74, 6) is 0.110. The monoisotopic (exact) mass is 377 g/mol. The summed E-state index contributed by atoms with van der Waals surface area (Å²) < 4.78 is 0. The minimum Gasteiger partial charge on any atom is -0.369 e. The molecular formula is C24H31N3O. The molecular weight excluding hydrogens is 346 g/mol. The van der Waals surface area contributed by atoms with Crippen molar-refractivity contribution in [2.75, 3.05) is 36.4 Å². The Balaban J connectivity index is 1.17. The summed E-state index contributed by atoms with van der Waals surface area (Å²) in [6, 6.07) is 19.7. The summed E-state index contributed by atoms with van der Waals surface area (Å²) in [6.45, 7) is 4.55. The average Bonchev–Trinajstić information content (AvgIpc) is 3.58. The number of unbranched alkanes of at least 4 members (excludes halogenated alkanes) is 1. The molecule has 1 saturated carbocycles. The summed E-state index contributed by atoms with van der Waals surface area (Å²) in [4.78, 5) is 17.3. The van der Waals surface area contributed by atoms with E-state index in [0.717, 1.165) is 44.1 Å². The van der Waals surface area contributed by atoms with Gasteiger partial charge in [-0.3, -0.25) is 9.69 Å². The van der Waals surface area contributed by atoms with Crippen molar-refractivity contribution in [2.45, 2.75) is 44.6 Å². The standard InChI is InChI=1S/C24H31N3O/c28-24(9-5-4-8-20-6-2-1-3-7-20)25-21-10-12-22(13-11-21)26-16-18-27(19-17-26)23-14-15-23/h1-3,6-7,10-13,23H,4-5,8-9,14-19H2,(H,25,28). The van der Waals surface area contributed by atoms with E-state index in [1.54, 1.807) is 0 Å². The molecule has 0 spiro atoms. The van der Waals surface area contributed by atoms with Crippen LogP contribution in [0.5, 0.6) is 0 Å². The predicted octanol–water partition coefficient (Wildman–Crippen LogP) is 4.32. The molecule has 2 aromatic rings. The highest BCUT2D eigenvalue weighted by molar-refractivity contribution is 5.90. The number of piperazine rings is 1. The van der Waals surface area contributed by atoms with Gasteiger partial charge in [0.05, 0.1) is 0 Å². The van der Waals surface area contributed by atoms with Crippen LogP contribution in [0.25, 0.3) is 0 Å². The van der Waals surface area contributed by atoms with Crippen LogP contribution in [0.2, 0.25) is 0 Å². The Morgan fingerprint density at radius 3 is 2.29 bits per heavy atom. The number of nitrogens with zero attached hydrogens (tertiary/aromatic N) is 2.